The summed E-state index contributed by atoms with van der Waals surface area (Å²) in [6.45, 7) is 9.58. The summed E-state index contributed by atoms with van der Waals surface area (Å²) < 4.78 is 5.49. The van der Waals surface area contributed by atoms with E-state index in [1.54, 1.807) is 0 Å². The normalized spacial score (nSPS) is 26.8. The lowest BCUT2D eigenvalue weighted by atomic mass is 10.0. The molecule has 4 nitrogen and oxygen atoms in total. The first-order valence-corrected chi connectivity index (χ1v) is 8.68. The molecule has 2 unspecified atom stereocenters. The molecular weight excluding hydrogens is 286 g/mol. The molecule has 0 bridgehead atoms. The van der Waals surface area contributed by atoms with E-state index in [0.29, 0.717) is 12.0 Å². The second-order valence-corrected chi connectivity index (χ2v) is 6.88. The Morgan fingerprint density at radius 2 is 1.91 bits per heavy atom. The number of likely N-dealkylation sites (tertiary alicyclic amines) is 1. The lowest BCUT2D eigenvalue weighted by Crippen LogP contribution is -2.46. The van der Waals surface area contributed by atoms with Crippen LogP contribution in [0.1, 0.15) is 12.6 Å². The van der Waals surface area contributed by atoms with Crippen molar-refractivity contribution in [2.45, 2.75) is 19.5 Å². The van der Waals surface area contributed by atoms with Gasteiger partial charge >= 0.3 is 0 Å². The summed E-state index contributed by atoms with van der Waals surface area (Å²) >= 11 is 0. The first kappa shape index (κ1) is 15.1. The third-order valence-corrected chi connectivity index (χ3v) is 5.20. The lowest BCUT2D eigenvalue weighted by molar-refractivity contribution is 0.0117. The van der Waals surface area contributed by atoms with Crippen molar-refractivity contribution in [3.05, 3.63) is 42.1 Å². The summed E-state index contributed by atoms with van der Waals surface area (Å²) in [5.41, 5.74) is 2.28. The number of para-hydroxylation sites is 1. The number of nitrogens with zero attached hydrogens (tertiary/aromatic N) is 3. The summed E-state index contributed by atoms with van der Waals surface area (Å²) in [4.78, 5) is 10.00. The van der Waals surface area contributed by atoms with E-state index < -0.39 is 0 Å². The highest BCUT2D eigenvalue weighted by atomic mass is 16.5. The maximum Gasteiger partial charge on any atom is 0.0705 e. The number of aromatic nitrogens is 1. The van der Waals surface area contributed by atoms with E-state index in [9.17, 15) is 0 Å². The fraction of sp³-hybridized carbons (Fsp3) is 0.526. The summed E-state index contributed by atoms with van der Waals surface area (Å²) in [5.74, 6) is 0.716. The van der Waals surface area contributed by atoms with Crippen LogP contribution in [0.15, 0.2) is 36.4 Å². The van der Waals surface area contributed by atoms with Crippen LogP contribution >= 0.6 is 0 Å². The lowest BCUT2D eigenvalue weighted by Gasteiger charge is -2.34. The highest BCUT2D eigenvalue weighted by molar-refractivity contribution is 5.78. The molecule has 23 heavy (non-hydrogen) atoms. The average Bonchev–Trinajstić information content (AvgIpc) is 2.96. The van der Waals surface area contributed by atoms with Crippen molar-refractivity contribution >= 4 is 10.9 Å². The van der Waals surface area contributed by atoms with Crippen LogP contribution in [0, 0.1) is 5.92 Å². The molecule has 4 heteroatoms. The van der Waals surface area contributed by atoms with Crippen LogP contribution in [-0.2, 0) is 11.3 Å². The highest BCUT2D eigenvalue weighted by Crippen LogP contribution is 2.24. The third kappa shape index (κ3) is 3.25. The fourth-order valence-electron chi connectivity index (χ4n) is 3.99. The number of ether oxygens (including phenoxy) is 1. The van der Waals surface area contributed by atoms with Gasteiger partial charge in [0.15, 0.2) is 0 Å². The zero-order valence-electron chi connectivity index (χ0n) is 13.8. The topological polar surface area (TPSA) is 28.6 Å². The molecule has 0 amide bonds. The molecular formula is C19H25N3O. The molecule has 0 aliphatic carbocycles. The van der Waals surface area contributed by atoms with Crippen molar-refractivity contribution in [1.82, 2.24) is 14.8 Å². The number of benzene rings is 1. The van der Waals surface area contributed by atoms with Crippen LogP contribution in [0.2, 0.25) is 0 Å². The number of hydrogen-bond acceptors (Lipinski definition) is 4. The van der Waals surface area contributed by atoms with Crippen molar-refractivity contribution in [3.8, 4) is 0 Å². The predicted octanol–water partition coefficient (Wildman–Crippen LogP) is 2.39. The standard InChI is InChI=1S/C19H25N3O/c1-15-12-21(14-19(15)22-8-10-23-11-9-22)13-17-7-6-16-4-2-3-5-18(16)20-17/h2-7,15,19H,8-14H2,1H3. The number of morpholine rings is 1. The van der Waals surface area contributed by atoms with Crippen molar-refractivity contribution in [2.24, 2.45) is 5.92 Å². The van der Waals surface area contributed by atoms with E-state index in [1.807, 2.05) is 0 Å². The van der Waals surface area contributed by atoms with E-state index in [2.05, 4.69) is 53.1 Å². The van der Waals surface area contributed by atoms with Crippen LogP contribution in [-0.4, -0.2) is 60.2 Å². The Kier molecular flexibility index (Phi) is 4.29. The van der Waals surface area contributed by atoms with E-state index >= 15 is 0 Å². The quantitative estimate of drug-likeness (QED) is 0.870. The second kappa shape index (κ2) is 6.56. The summed E-state index contributed by atoms with van der Waals surface area (Å²) in [7, 11) is 0. The van der Waals surface area contributed by atoms with Gasteiger partial charge in [-0.25, -0.2) is 0 Å². The van der Waals surface area contributed by atoms with Gasteiger partial charge in [-0.1, -0.05) is 31.2 Å². The second-order valence-electron chi connectivity index (χ2n) is 6.88. The molecule has 1 aromatic carbocycles. The molecule has 0 saturated carbocycles. The Balaban J connectivity index is 1.44. The van der Waals surface area contributed by atoms with Gasteiger partial charge in [0.1, 0.15) is 0 Å². The van der Waals surface area contributed by atoms with Crippen LogP contribution < -0.4 is 0 Å². The van der Waals surface area contributed by atoms with Crippen molar-refractivity contribution in [3.63, 3.8) is 0 Å². The molecule has 0 N–H and O–H groups in total. The summed E-state index contributed by atoms with van der Waals surface area (Å²) in [6, 6.07) is 13.4. The molecule has 2 aliphatic rings. The maximum atomic E-state index is 5.49. The SMILES string of the molecule is CC1CN(Cc2ccc3ccccc3n2)CC1N1CCOCC1. The van der Waals surface area contributed by atoms with E-state index in [0.717, 1.165) is 51.5 Å². The van der Waals surface area contributed by atoms with Gasteiger partial charge in [-0.05, 0) is 18.1 Å². The molecule has 2 atom stereocenters. The smallest absolute Gasteiger partial charge is 0.0705 e. The number of hydrogen-bond donors (Lipinski definition) is 0. The van der Waals surface area contributed by atoms with Gasteiger partial charge in [0.05, 0.1) is 24.4 Å². The minimum absolute atomic E-state index is 0.666. The van der Waals surface area contributed by atoms with Gasteiger partial charge in [-0.2, -0.15) is 0 Å². The molecule has 122 valence electrons. The molecule has 2 fully saturated rings. The zero-order chi connectivity index (χ0) is 15.6. The molecule has 0 radical (unpaired) electrons. The largest absolute Gasteiger partial charge is 0.379 e. The first-order valence-electron chi connectivity index (χ1n) is 8.68. The number of fused-ring (bicyclic) bond motifs is 1. The van der Waals surface area contributed by atoms with Crippen molar-refractivity contribution in [1.29, 1.82) is 0 Å². The number of pyridine rings is 1. The van der Waals surface area contributed by atoms with Gasteiger partial charge < -0.3 is 4.74 Å². The van der Waals surface area contributed by atoms with Gasteiger partial charge in [0.2, 0.25) is 0 Å². The molecule has 2 saturated heterocycles. The van der Waals surface area contributed by atoms with Gasteiger partial charge in [0, 0.05) is 44.2 Å². The average molecular weight is 311 g/mol. The molecule has 3 heterocycles. The van der Waals surface area contributed by atoms with E-state index in [1.165, 1.54) is 11.1 Å². The Hall–Kier alpha value is -1.49. The molecule has 2 aliphatic heterocycles. The number of rotatable bonds is 3. The van der Waals surface area contributed by atoms with Crippen LogP contribution in [0.25, 0.3) is 10.9 Å². The Labute approximate surface area is 138 Å². The molecule has 2 aromatic rings. The van der Waals surface area contributed by atoms with Crippen LogP contribution in [0.4, 0.5) is 0 Å². The van der Waals surface area contributed by atoms with E-state index in [-0.39, 0.29) is 0 Å². The fourth-order valence-corrected chi connectivity index (χ4v) is 3.99. The Morgan fingerprint density at radius 1 is 1.09 bits per heavy atom. The predicted molar refractivity (Wildman–Crippen MR) is 92.4 cm³/mol. The summed E-state index contributed by atoms with van der Waals surface area (Å²) in [6.07, 6.45) is 0. The minimum atomic E-state index is 0.666. The third-order valence-electron chi connectivity index (χ3n) is 5.20. The van der Waals surface area contributed by atoms with Gasteiger partial charge in [-0.3, -0.25) is 14.8 Å². The van der Waals surface area contributed by atoms with Crippen molar-refractivity contribution < 1.29 is 4.74 Å². The van der Waals surface area contributed by atoms with Crippen molar-refractivity contribution in [2.75, 3.05) is 39.4 Å². The zero-order valence-corrected chi connectivity index (χ0v) is 13.8. The summed E-state index contributed by atoms with van der Waals surface area (Å²) in [5, 5.41) is 1.22. The minimum Gasteiger partial charge on any atom is -0.379 e. The van der Waals surface area contributed by atoms with E-state index in [4.69, 9.17) is 9.72 Å². The first-order chi connectivity index (χ1) is 11.3. The molecule has 0 spiro atoms. The monoisotopic (exact) mass is 311 g/mol. The highest BCUT2D eigenvalue weighted by Gasteiger charge is 2.34. The Morgan fingerprint density at radius 3 is 2.78 bits per heavy atom. The van der Waals surface area contributed by atoms with Gasteiger partial charge in [0.25, 0.3) is 0 Å². The Bertz CT molecular complexity index is 668. The maximum absolute atomic E-state index is 5.49. The molecule has 4 rings (SSSR count). The van der Waals surface area contributed by atoms with Gasteiger partial charge in [-0.15, -0.1) is 0 Å². The molecule has 1 aromatic heterocycles. The van der Waals surface area contributed by atoms with Crippen LogP contribution in [0.3, 0.4) is 0 Å². The van der Waals surface area contributed by atoms with Crippen LogP contribution in [0.5, 0.6) is 0 Å².